The first kappa shape index (κ1) is 16.0. The van der Waals surface area contributed by atoms with E-state index in [1.54, 1.807) is 12.3 Å². The van der Waals surface area contributed by atoms with Crippen molar-refractivity contribution >= 4 is 40.2 Å². The van der Waals surface area contributed by atoms with Crippen molar-refractivity contribution in [3.05, 3.63) is 77.3 Å². The number of amides is 1. The summed E-state index contributed by atoms with van der Waals surface area (Å²) in [5.74, 6) is -0.244. The number of nitrogens with zero attached hydrogens (tertiary/aromatic N) is 1. The molecule has 2 N–H and O–H groups in total. The average Bonchev–Trinajstić information content (AvgIpc) is 2.61. The van der Waals surface area contributed by atoms with Crippen molar-refractivity contribution in [2.24, 2.45) is 5.10 Å². The van der Waals surface area contributed by atoms with E-state index in [2.05, 4.69) is 21.9 Å². The molecule has 0 atom stereocenters. The van der Waals surface area contributed by atoms with Crippen LogP contribution in [0.15, 0.2) is 71.8 Å². The van der Waals surface area contributed by atoms with Gasteiger partial charge in [0.15, 0.2) is 0 Å². The van der Waals surface area contributed by atoms with Crippen LogP contribution in [0.4, 0.5) is 5.69 Å². The first-order valence-corrected chi connectivity index (χ1v) is 7.89. The molecule has 0 heterocycles. The number of anilines is 1. The Labute approximate surface area is 145 Å². The molecule has 0 aliphatic carbocycles. The molecule has 4 nitrogen and oxygen atoms in total. The minimum absolute atomic E-state index is 0.0960. The fraction of sp³-hybridized carbons (Fsp3) is 0.0526. The fourth-order valence-electron chi connectivity index (χ4n) is 2.29. The average molecular weight is 338 g/mol. The molecule has 5 heteroatoms. The van der Waals surface area contributed by atoms with Gasteiger partial charge in [-0.05, 0) is 34.5 Å². The van der Waals surface area contributed by atoms with Gasteiger partial charge in [0.2, 0.25) is 0 Å². The predicted octanol–water partition coefficient (Wildman–Crippen LogP) is 4.06. The molecule has 24 heavy (non-hydrogen) atoms. The second-order valence-electron chi connectivity index (χ2n) is 5.23. The minimum atomic E-state index is -0.244. The Morgan fingerprint density at radius 2 is 1.75 bits per heavy atom. The third-order valence-electron chi connectivity index (χ3n) is 3.49. The largest absolute Gasteiger partial charge is 0.375 e. The van der Waals surface area contributed by atoms with Crippen LogP contribution in [0.3, 0.4) is 0 Å². The maximum absolute atomic E-state index is 11.8. The molecule has 0 saturated carbocycles. The third-order valence-corrected chi connectivity index (χ3v) is 3.82. The second-order valence-corrected chi connectivity index (χ2v) is 5.64. The van der Waals surface area contributed by atoms with Gasteiger partial charge in [-0.15, -0.1) is 0 Å². The number of halogens is 1. The van der Waals surface area contributed by atoms with Crippen molar-refractivity contribution in [1.29, 1.82) is 0 Å². The molecule has 0 saturated heterocycles. The number of para-hydroxylation sites is 1. The Morgan fingerprint density at radius 1 is 1.00 bits per heavy atom. The van der Waals surface area contributed by atoms with Gasteiger partial charge >= 0.3 is 0 Å². The van der Waals surface area contributed by atoms with Gasteiger partial charge in [0.05, 0.1) is 23.5 Å². The summed E-state index contributed by atoms with van der Waals surface area (Å²) in [6.07, 6.45) is 1.62. The lowest BCUT2D eigenvalue weighted by Gasteiger charge is -2.06. The molecule has 120 valence electrons. The van der Waals surface area contributed by atoms with E-state index >= 15 is 0 Å². The number of nitrogens with one attached hydrogen (secondary N) is 2. The number of carbonyl (C=O) groups is 1. The second kappa shape index (κ2) is 7.62. The van der Waals surface area contributed by atoms with Crippen LogP contribution in [-0.2, 0) is 4.79 Å². The standard InChI is InChI=1S/C19H16ClN3O/c20-17-7-3-4-8-18(17)21-13-19(24)23-22-12-14-9-10-15-5-1-2-6-16(15)11-14/h1-12,21H,13H2,(H,23,24)/b22-12-. The van der Waals surface area contributed by atoms with Crippen LogP contribution in [0, 0.1) is 0 Å². The van der Waals surface area contributed by atoms with Crippen molar-refractivity contribution in [3.8, 4) is 0 Å². The van der Waals surface area contributed by atoms with E-state index in [-0.39, 0.29) is 12.5 Å². The first-order chi connectivity index (χ1) is 11.7. The smallest absolute Gasteiger partial charge is 0.259 e. The van der Waals surface area contributed by atoms with Gasteiger partial charge in [-0.3, -0.25) is 4.79 Å². The van der Waals surface area contributed by atoms with E-state index < -0.39 is 0 Å². The van der Waals surface area contributed by atoms with Crippen molar-refractivity contribution in [3.63, 3.8) is 0 Å². The lowest BCUT2D eigenvalue weighted by Crippen LogP contribution is -2.25. The summed E-state index contributed by atoms with van der Waals surface area (Å²) >= 11 is 6.02. The Bertz CT molecular complexity index is 892. The van der Waals surface area contributed by atoms with E-state index in [4.69, 9.17) is 11.6 Å². The molecule has 3 aromatic carbocycles. The highest BCUT2D eigenvalue weighted by Crippen LogP contribution is 2.19. The molecule has 3 aromatic rings. The quantitative estimate of drug-likeness (QED) is 0.545. The predicted molar refractivity (Wildman–Crippen MR) is 99.6 cm³/mol. The van der Waals surface area contributed by atoms with Crippen LogP contribution < -0.4 is 10.7 Å². The van der Waals surface area contributed by atoms with Crippen LogP contribution in [0.25, 0.3) is 10.8 Å². The number of hydrogen-bond donors (Lipinski definition) is 2. The van der Waals surface area contributed by atoms with E-state index in [0.717, 1.165) is 10.9 Å². The molecule has 0 aliphatic rings. The Morgan fingerprint density at radius 3 is 2.58 bits per heavy atom. The van der Waals surface area contributed by atoms with Gasteiger partial charge in [0.25, 0.3) is 5.91 Å². The number of hydrogen-bond acceptors (Lipinski definition) is 3. The number of rotatable bonds is 5. The lowest BCUT2D eigenvalue weighted by atomic mass is 10.1. The van der Waals surface area contributed by atoms with E-state index in [1.165, 1.54) is 5.39 Å². The van der Waals surface area contributed by atoms with Gasteiger partial charge in [-0.25, -0.2) is 5.43 Å². The van der Waals surface area contributed by atoms with Crippen molar-refractivity contribution < 1.29 is 4.79 Å². The topological polar surface area (TPSA) is 53.5 Å². The van der Waals surface area contributed by atoms with E-state index in [1.807, 2.05) is 54.6 Å². The first-order valence-electron chi connectivity index (χ1n) is 7.51. The minimum Gasteiger partial charge on any atom is -0.375 e. The van der Waals surface area contributed by atoms with Crippen LogP contribution in [0.2, 0.25) is 5.02 Å². The molecule has 0 bridgehead atoms. The molecule has 1 amide bonds. The number of fused-ring (bicyclic) bond motifs is 1. The highest BCUT2D eigenvalue weighted by molar-refractivity contribution is 6.33. The zero-order chi connectivity index (χ0) is 16.8. The van der Waals surface area contributed by atoms with Gasteiger partial charge in [0, 0.05) is 0 Å². The van der Waals surface area contributed by atoms with Crippen LogP contribution in [0.1, 0.15) is 5.56 Å². The zero-order valence-corrected chi connectivity index (χ0v) is 13.6. The summed E-state index contributed by atoms with van der Waals surface area (Å²) in [6, 6.07) is 21.4. The fourth-order valence-corrected chi connectivity index (χ4v) is 2.49. The van der Waals surface area contributed by atoms with E-state index in [0.29, 0.717) is 10.7 Å². The van der Waals surface area contributed by atoms with Gasteiger partial charge in [0.1, 0.15) is 0 Å². The summed E-state index contributed by atoms with van der Waals surface area (Å²) in [6.45, 7) is 0.0960. The van der Waals surface area contributed by atoms with Crippen molar-refractivity contribution in [1.82, 2.24) is 5.43 Å². The number of hydrazone groups is 1. The normalized spacial score (nSPS) is 10.9. The Kier molecular flexibility index (Phi) is 5.08. The maximum atomic E-state index is 11.8. The monoisotopic (exact) mass is 337 g/mol. The molecule has 0 fully saturated rings. The van der Waals surface area contributed by atoms with Crippen molar-refractivity contribution in [2.75, 3.05) is 11.9 Å². The molecule has 0 spiro atoms. The molecule has 0 aliphatic heterocycles. The van der Waals surface area contributed by atoms with Crippen LogP contribution in [0.5, 0.6) is 0 Å². The maximum Gasteiger partial charge on any atom is 0.259 e. The third kappa shape index (κ3) is 4.12. The summed E-state index contributed by atoms with van der Waals surface area (Å²) in [7, 11) is 0. The lowest BCUT2D eigenvalue weighted by molar-refractivity contribution is -0.119. The molecular weight excluding hydrogens is 322 g/mol. The van der Waals surface area contributed by atoms with Gasteiger partial charge < -0.3 is 5.32 Å². The Balaban J connectivity index is 1.55. The molecule has 0 radical (unpaired) electrons. The van der Waals surface area contributed by atoms with Crippen molar-refractivity contribution in [2.45, 2.75) is 0 Å². The highest BCUT2D eigenvalue weighted by atomic mass is 35.5. The number of benzene rings is 3. The molecular formula is C19H16ClN3O. The van der Waals surface area contributed by atoms with E-state index in [9.17, 15) is 4.79 Å². The number of carbonyl (C=O) groups excluding carboxylic acids is 1. The van der Waals surface area contributed by atoms with Gasteiger partial charge in [-0.2, -0.15) is 5.10 Å². The Hall–Kier alpha value is -2.85. The summed E-state index contributed by atoms with van der Waals surface area (Å²) < 4.78 is 0. The van der Waals surface area contributed by atoms with Gasteiger partial charge in [-0.1, -0.05) is 60.1 Å². The van der Waals surface area contributed by atoms with Crippen LogP contribution in [-0.4, -0.2) is 18.7 Å². The molecule has 0 aromatic heterocycles. The summed E-state index contributed by atoms with van der Waals surface area (Å²) in [4.78, 5) is 11.8. The molecule has 3 rings (SSSR count). The summed E-state index contributed by atoms with van der Waals surface area (Å²) in [5.41, 5.74) is 4.13. The SMILES string of the molecule is O=C(CNc1ccccc1Cl)N/N=C\c1ccc2ccccc2c1. The summed E-state index contributed by atoms with van der Waals surface area (Å²) in [5, 5.41) is 9.83. The highest BCUT2D eigenvalue weighted by Gasteiger charge is 2.02. The zero-order valence-electron chi connectivity index (χ0n) is 12.9. The van der Waals surface area contributed by atoms with Crippen LogP contribution >= 0.6 is 11.6 Å². The molecule has 0 unspecified atom stereocenters.